The summed E-state index contributed by atoms with van der Waals surface area (Å²) >= 11 is 5.79. The van der Waals surface area contributed by atoms with Crippen LogP contribution in [0.15, 0.2) is 16.9 Å². The van der Waals surface area contributed by atoms with Gasteiger partial charge in [-0.1, -0.05) is 11.6 Å². The van der Waals surface area contributed by atoms with Gasteiger partial charge in [-0.15, -0.1) is 0 Å². The van der Waals surface area contributed by atoms with Crippen molar-refractivity contribution in [2.75, 3.05) is 5.73 Å². The molecule has 0 saturated carbocycles. The van der Waals surface area contributed by atoms with Gasteiger partial charge in [-0.2, -0.15) is 0 Å². The highest BCUT2D eigenvalue weighted by Crippen LogP contribution is 2.21. The van der Waals surface area contributed by atoms with E-state index < -0.39 is 0 Å². The number of nitrogens with two attached hydrogens (primary N) is 1. The number of hydrogen-bond donors (Lipinski definition) is 3. The van der Waals surface area contributed by atoms with Gasteiger partial charge in [-0.3, -0.25) is 15.0 Å². The molecule has 5 heteroatoms. The van der Waals surface area contributed by atoms with Gasteiger partial charge in [0.1, 0.15) is 0 Å². The van der Waals surface area contributed by atoms with Crippen molar-refractivity contribution >= 4 is 28.2 Å². The van der Waals surface area contributed by atoms with Gasteiger partial charge in [-0.05, 0) is 12.1 Å². The molecule has 0 radical (unpaired) electrons. The van der Waals surface area contributed by atoms with E-state index in [0.29, 0.717) is 21.6 Å². The van der Waals surface area contributed by atoms with Gasteiger partial charge in [-0.25, -0.2) is 0 Å². The Labute approximate surface area is 72.3 Å². The molecule has 4 nitrogen and oxygen atoms in total. The molecule has 0 aliphatic rings. The van der Waals surface area contributed by atoms with E-state index in [2.05, 4.69) is 10.2 Å². The molecule has 12 heavy (non-hydrogen) atoms. The Balaban J connectivity index is 3.03. The highest BCUT2D eigenvalue weighted by Gasteiger charge is 2.05. The predicted octanol–water partition coefficient (Wildman–Crippen LogP) is 1.09. The molecular weight excluding hydrogens is 178 g/mol. The van der Waals surface area contributed by atoms with E-state index in [1.54, 1.807) is 12.1 Å². The summed E-state index contributed by atoms with van der Waals surface area (Å²) in [5.41, 5.74) is 6.45. The molecule has 1 heterocycles. The lowest BCUT2D eigenvalue weighted by Gasteiger charge is -1.94. The summed E-state index contributed by atoms with van der Waals surface area (Å²) in [4.78, 5) is 11.1. The summed E-state index contributed by atoms with van der Waals surface area (Å²) in [5, 5.41) is 5.91. The topological polar surface area (TPSA) is 74.7 Å². The van der Waals surface area contributed by atoms with Crippen LogP contribution in [0.25, 0.3) is 10.9 Å². The van der Waals surface area contributed by atoms with Crippen molar-refractivity contribution in [3.8, 4) is 0 Å². The Hall–Kier alpha value is -1.42. The Morgan fingerprint density at radius 2 is 2.08 bits per heavy atom. The maximum absolute atomic E-state index is 11.1. The first kappa shape index (κ1) is 7.24. The van der Waals surface area contributed by atoms with Gasteiger partial charge in [0, 0.05) is 5.69 Å². The third kappa shape index (κ3) is 0.887. The van der Waals surface area contributed by atoms with Gasteiger partial charge in [0.05, 0.1) is 15.9 Å². The van der Waals surface area contributed by atoms with E-state index in [0.717, 1.165) is 0 Å². The maximum Gasteiger partial charge on any atom is 0.273 e. The average Bonchev–Trinajstić information content (AvgIpc) is 2.31. The lowest BCUT2D eigenvalue weighted by atomic mass is 10.2. The van der Waals surface area contributed by atoms with E-state index in [1.807, 2.05) is 0 Å². The SMILES string of the molecule is Nc1cc(Cl)c2c(=O)[nH][nH]c2c1. The van der Waals surface area contributed by atoms with E-state index in [4.69, 9.17) is 17.3 Å². The number of H-pyrrole nitrogens is 2. The minimum absolute atomic E-state index is 0.227. The maximum atomic E-state index is 11.1. The van der Waals surface area contributed by atoms with Crippen molar-refractivity contribution in [2.24, 2.45) is 0 Å². The minimum atomic E-state index is -0.227. The molecule has 1 aromatic heterocycles. The fourth-order valence-corrected chi connectivity index (χ4v) is 1.46. The Bertz CT molecular complexity index is 485. The van der Waals surface area contributed by atoms with Crippen LogP contribution in [0.4, 0.5) is 5.69 Å². The van der Waals surface area contributed by atoms with Crippen molar-refractivity contribution in [1.29, 1.82) is 0 Å². The number of benzene rings is 1. The summed E-state index contributed by atoms with van der Waals surface area (Å²) in [6.07, 6.45) is 0. The highest BCUT2D eigenvalue weighted by atomic mass is 35.5. The van der Waals surface area contributed by atoms with Gasteiger partial charge >= 0.3 is 0 Å². The lowest BCUT2D eigenvalue weighted by molar-refractivity contribution is 1.08. The quantitative estimate of drug-likeness (QED) is 0.535. The third-order valence-corrected chi connectivity index (χ3v) is 1.95. The third-order valence-electron chi connectivity index (χ3n) is 1.65. The predicted molar refractivity (Wildman–Crippen MR) is 48.3 cm³/mol. The summed E-state index contributed by atoms with van der Waals surface area (Å²) in [6, 6.07) is 3.20. The standard InChI is InChI=1S/C7H6ClN3O/c8-4-1-3(9)2-5-6(4)7(12)11-10-5/h1-2H,9H2,(H2,10,11,12). The van der Waals surface area contributed by atoms with Crippen molar-refractivity contribution < 1.29 is 0 Å². The molecule has 0 unspecified atom stereocenters. The smallest absolute Gasteiger partial charge is 0.273 e. The van der Waals surface area contributed by atoms with Crippen LogP contribution in [0, 0.1) is 0 Å². The normalized spacial score (nSPS) is 10.8. The van der Waals surface area contributed by atoms with Gasteiger partial charge < -0.3 is 5.73 Å². The van der Waals surface area contributed by atoms with Crippen LogP contribution >= 0.6 is 11.6 Å². The molecule has 0 atom stereocenters. The Morgan fingerprint density at radius 1 is 1.33 bits per heavy atom. The first-order valence-electron chi connectivity index (χ1n) is 3.34. The van der Waals surface area contributed by atoms with Crippen LogP contribution in [-0.2, 0) is 0 Å². The monoisotopic (exact) mass is 183 g/mol. The van der Waals surface area contributed by atoms with Crippen LogP contribution in [-0.4, -0.2) is 10.2 Å². The number of nitrogens with one attached hydrogen (secondary N) is 2. The minimum Gasteiger partial charge on any atom is -0.399 e. The second kappa shape index (κ2) is 2.28. The number of aromatic amines is 2. The summed E-state index contributed by atoms with van der Waals surface area (Å²) in [5.74, 6) is 0. The number of halogens is 1. The average molecular weight is 184 g/mol. The number of rotatable bonds is 0. The largest absolute Gasteiger partial charge is 0.399 e. The van der Waals surface area contributed by atoms with Crippen LogP contribution in [0.2, 0.25) is 5.02 Å². The van der Waals surface area contributed by atoms with Crippen molar-refractivity contribution in [2.45, 2.75) is 0 Å². The van der Waals surface area contributed by atoms with Crippen molar-refractivity contribution in [1.82, 2.24) is 10.2 Å². The van der Waals surface area contributed by atoms with Crippen LogP contribution in [0.3, 0.4) is 0 Å². The molecule has 0 amide bonds. The molecular formula is C7H6ClN3O. The van der Waals surface area contributed by atoms with E-state index in [9.17, 15) is 4.79 Å². The van der Waals surface area contributed by atoms with Crippen molar-refractivity contribution in [3.05, 3.63) is 27.5 Å². The molecule has 0 saturated heterocycles. The Morgan fingerprint density at radius 3 is 2.83 bits per heavy atom. The van der Waals surface area contributed by atoms with E-state index in [1.165, 1.54) is 0 Å². The fourth-order valence-electron chi connectivity index (χ4n) is 1.14. The molecule has 2 aromatic rings. The zero-order valence-corrected chi connectivity index (χ0v) is 6.77. The Kier molecular flexibility index (Phi) is 1.38. The zero-order chi connectivity index (χ0) is 8.72. The molecule has 0 aliphatic carbocycles. The molecule has 0 fully saturated rings. The lowest BCUT2D eigenvalue weighted by Crippen LogP contribution is -1.98. The second-order valence-electron chi connectivity index (χ2n) is 2.50. The molecule has 0 aliphatic heterocycles. The highest BCUT2D eigenvalue weighted by molar-refractivity contribution is 6.35. The number of fused-ring (bicyclic) bond motifs is 1. The first-order valence-corrected chi connectivity index (χ1v) is 3.71. The number of hydrogen-bond acceptors (Lipinski definition) is 2. The molecule has 4 N–H and O–H groups in total. The molecule has 0 bridgehead atoms. The number of anilines is 1. The van der Waals surface area contributed by atoms with Gasteiger partial charge in [0.15, 0.2) is 0 Å². The van der Waals surface area contributed by atoms with Crippen molar-refractivity contribution in [3.63, 3.8) is 0 Å². The van der Waals surface area contributed by atoms with Crippen LogP contribution in [0.1, 0.15) is 0 Å². The zero-order valence-electron chi connectivity index (χ0n) is 6.02. The summed E-state index contributed by atoms with van der Waals surface area (Å²) in [7, 11) is 0. The fraction of sp³-hybridized carbons (Fsp3) is 0. The van der Waals surface area contributed by atoms with E-state index in [-0.39, 0.29) is 5.56 Å². The van der Waals surface area contributed by atoms with E-state index >= 15 is 0 Å². The molecule has 1 aromatic carbocycles. The van der Waals surface area contributed by atoms with Crippen LogP contribution in [0.5, 0.6) is 0 Å². The first-order chi connectivity index (χ1) is 5.68. The molecule has 0 spiro atoms. The summed E-state index contributed by atoms with van der Waals surface area (Å²) in [6.45, 7) is 0. The van der Waals surface area contributed by atoms with Crippen LogP contribution < -0.4 is 11.3 Å². The summed E-state index contributed by atoms with van der Waals surface area (Å²) < 4.78 is 0. The molecule has 62 valence electrons. The number of nitrogen functional groups attached to an aromatic ring is 1. The molecule has 2 rings (SSSR count). The second-order valence-corrected chi connectivity index (χ2v) is 2.91. The number of aromatic nitrogens is 2. The van der Waals surface area contributed by atoms with Gasteiger partial charge in [0.25, 0.3) is 5.56 Å². The van der Waals surface area contributed by atoms with Gasteiger partial charge in [0.2, 0.25) is 0 Å².